The molecule has 5 aromatic rings. The predicted octanol–water partition coefficient (Wildman–Crippen LogP) is 4.66. The van der Waals surface area contributed by atoms with Crippen LogP contribution in [-0.4, -0.2) is 62.7 Å². The molecule has 4 heterocycles. The minimum absolute atomic E-state index is 0. The van der Waals surface area contributed by atoms with Crippen LogP contribution in [0.2, 0.25) is 0 Å². The third-order valence-electron chi connectivity index (χ3n) is 13.3. The van der Waals surface area contributed by atoms with Gasteiger partial charge in [-0.15, -0.1) is 12.4 Å². The summed E-state index contributed by atoms with van der Waals surface area (Å²) in [6.45, 7) is 0. The number of amides is 6. The van der Waals surface area contributed by atoms with Crippen molar-refractivity contribution in [3.8, 4) is 0 Å². The number of carbonyl (C=O) groups is 6. The molecule has 0 spiro atoms. The minimum Gasteiger partial charge on any atom is -0.370 e. The van der Waals surface area contributed by atoms with Crippen LogP contribution in [0.4, 0.5) is 5.69 Å². The summed E-state index contributed by atoms with van der Waals surface area (Å²) >= 11 is 0. The average molecular weight is 932 g/mol. The Kier molecular flexibility index (Phi) is 15.4. The fourth-order valence-electron chi connectivity index (χ4n) is 9.87. The number of nitrogens with zero attached hydrogens (tertiary/aromatic N) is 3. The standard InChI is InChI=1S/C51H58N8O7.ClH/c1-57-41-29-31(19-23-39(41)58(51(57)66)40-24-26-44(61)55-48(40)63)13-7-3-2-4-8-14-32-27-35-20-21-37(52)50(65)59-42(30-36(28-32)46(35)59)49(64)54-38(22-25-43(53)60)47(62)56-45(33-15-9-5-10-16-33)34-17-11-6-12-18-34;/h5-6,9-12,15-19,23,27-29,37-38,40,42,45H,2-4,7-8,13-14,20-22,24-26,30,52H2,1H3,(H2,53,60)(H,54,64)(H,56,62)(H,55,61,63);1H/t37-,38-,40?,42-;/m0./s1. The second kappa shape index (κ2) is 21.4. The van der Waals surface area contributed by atoms with Gasteiger partial charge >= 0.3 is 5.69 Å². The van der Waals surface area contributed by atoms with Gasteiger partial charge in [-0.05, 0) is 96.9 Å². The van der Waals surface area contributed by atoms with E-state index >= 15 is 0 Å². The Labute approximate surface area is 395 Å². The van der Waals surface area contributed by atoms with Crippen molar-refractivity contribution in [3.05, 3.63) is 135 Å². The van der Waals surface area contributed by atoms with Gasteiger partial charge in [0.15, 0.2) is 0 Å². The van der Waals surface area contributed by atoms with Crippen molar-refractivity contribution in [2.45, 2.75) is 120 Å². The molecule has 3 aliphatic rings. The van der Waals surface area contributed by atoms with E-state index < -0.39 is 53.8 Å². The summed E-state index contributed by atoms with van der Waals surface area (Å²) in [5, 5.41) is 8.35. The van der Waals surface area contributed by atoms with E-state index in [-0.39, 0.29) is 55.6 Å². The van der Waals surface area contributed by atoms with Crippen molar-refractivity contribution >= 4 is 64.6 Å². The molecular weight excluding hydrogens is 872 g/mol. The first-order valence-corrected chi connectivity index (χ1v) is 23.1. The van der Waals surface area contributed by atoms with Crippen molar-refractivity contribution in [2.24, 2.45) is 18.5 Å². The molecule has 15 nitrogen and oxygen atoms in total. The highest BCUT2D eigenvalue weighted by Crippen LogP contribution is 2.40. The lowest BCUT2D eigenvalue weighted by atomic mass is 9.95. The molecule has 16 heteroatoms. The Morgan fingerprint density at radius 1 is 0.761 bits per heavy atom. The van der Waals surface area contributed by atoms with E-state index in [0.717, 1.165) is 89.5 Å². The van der Waals surface area contributed by atoms with Crippen LogP contribution in [0.3, 0.4) is 0 Å². The molecular formula is C51H59ClN8O7. The van der Waals surface area contributed by atoms with E-state index in [9.17, 15) is 33.6 Å². The Bertz CT molecular complexity index is 2680. The maximum atomic E-state index is 14.3. The molecule has 6 amide bonds. The number of anilines is 1. The molecule has 1 aromatic heterocycles. The van der Waals surface area contributed by atoms with Gasteiger partial charge in [0, 0.05) is 26.3 Å². The third-order valence-corrected chi connectivity index (χ3v) is 13.3. The monoisotopic (exact) mass is 930 g/mol. The maximum Gasteiger partial charge on any atom is 0.329 e. The second-order valence-electron chi connectivity index (χ2n) is 17.9. The number of hydrogen-bond acceptors (Lipinski definition) is 8. The maximum absolute atomic E-state index is 14.3. The summed E-state index contributed by atoms with van der Waals surface area (Å²) in [7, 11) is 1.71. The Morgan fingerprint density at radius 2 is 1.40 bits per heavy atom. The smallest absolute Gasteiger partial charge is 0.329 e. The van der Waals surface area contributed by atoms with Crippen molar-refractivity contribution in [1.82, 2.24) is 25.1 Å². The van der Waals surface area contributed by atoms with E-state index in [1.165, 1.54) is 9.47 Å². The number of hydrogen-bond donors (Lipinski definition) is 5. The Morgan fingerprint density at radius 3 is 2.06 bits per heavy atom. The number of imidazole rings is 1. The number of nitrogens with one attached hydrogen (secondary N) is 3. The van der Waals surface area contributed by atoms with Crippen molar-refractivity contribution < 1.29 is 28.8 Å². The number of piperidine rings is 1. The van der Waals surface area contributed by atoms with Gasteiger partial charge in [-0.1, -0.05) is 98.1 Å². The number of imide groups is 1. The number of fused-ring (bicyclic) bond motifs is 1. The quantitative estimate of drug-likeness (QED) is 0.0613. The lowest BCUT2D eigenvalue weighted by Gasteiger charge is -2.29. The van der Waals surface area contributed by atoms with E-state index in [0.29, 0.717) is 24.8 Å². The van der Waals surface area contributed by atoms with E-state index in [1.807, 2.05) is 78.9 Å². The van der Waals surface area contributed by atoms with Gasteiger partial charge in [0.1, 0.15) is 18.1 Å². The summed E-state index contributed by atoms with van der Waals surface area (Å²) in [5.41, 5.74) is 19.7. The highest BCUT2D eigenvalue weighted by molar-refractivity contribution is 6.07. The molecule has 0 aliphatic carbocycles. The Balaban J connectivity index is 0.00000666. The van der Waals surface area contributed by atoms with Crippen LogP contribution < -0.4 is 38.0 Å². The highest BCUT2D eigenvalue weighted by Gasteiger charge is 2.44. The summed E-state index contributed by atoms with van der Waals surface area (Å²) in [5.74, 6) is -2.68. The number of carbonyl (C=O) groups excluding carboxylic acids is 6. The van der Waals surface area contributed by atoms with Gasteiger partial charge in [-0.25, -0.2) is 4.79 Å². The number of benzene rings is 4. The molecule has 0 saturated carbocycles. The normalized spacial score (nSPS) is 18.2. The zero-order valence-electron chi connectivity index (χ0n) is 37.7. The van der Waals surface area contributed by atoms with Gasteiger partial charge in [0.25, 0.3) is 0 Å². The second-order valence-corrected chi connectivity index (χ2v) is 17.9. The molecule has 4 aromatic carbocycles. The van der Waals surface area contributed by atoms with Crippen LogP contribution in [0.1, 0.15) is 110 Å². The number of unbranched alkanes of at least 4 members (excludes halogenated alkanes) is 4. The fraction of sp³-hybridized carbons (Fsp3) is 0.392. The van der Waals surface area contributed by atoms with E-state index in [1.54, 1.807) is 11.6 Å². The van der Waals surface area contributed by atoms with Gasteiger partial charge in [0.05, 0.1) is 28.8 Å². The van der Waals surface area contributed by atoms with Crippen LogP contribution in [0.15, 0.2) is 95.8 Å². The van der Waals surface area contributed by atoms with Crippen molar-refractivity contribution in [2.75, 3.05) is 4.90 Å². The number of halogens is 1. The van der Waals surface area contributed by atoms with E-state index in [4.69, 9.17) is 11.5 Å². The van der Waals surface area contributed by atoms with Crippen LogP contribution in [-0.2, 0) is 61.5 Å². The van der Waals surface area contributed by atoms with Gasteiger partial charge in [-0.2, -0.15) is 0 Å². The van der Waals surface area contributed by atoms with Crippen LogP contribution in [0.5, 0.6) is 0 Å². The predicted molar refractivity (Wildman–Crippen MR) is 257 cm³/mol. The zero-order valence-corrected chi connectivity index (χ0v) is 38.5. The summed E-state index contributed by atoms with van der Waals surface area (Å²) in [6.07, 6.45) is 8.40. The Hall–Kier alpha value is -6.58. The summed E-state index contributed by atoms with van der Waals surface area (Å²) < 4.78 is 3.07. The number of primary amides is 1. The molecule has 0 bridgehead atoms. The largest absolute Gasteiger partial charge is 0.370 e. The zero-order chi connectivity index (χ0) is 46.5. The summed E-state index contributed by atoms with van der Waals surface area (Å²) in [4.78, 5) is 93.2. The van der Waals surface area contributed by atoms with E-state index in [2.05, 4.69) is 28.1 Å². The van der Waals surface area contributed by atoms with Crippen molar-refractivity contribution in [1.29, 1.82) is 0 Å². The number of nitrogens with two attached hydrogens (primary N) is 2. The van der Waals surface area contributed by atoms with Gasteiger partial charge in [0.2, 0.25) is 35.4 Å². The molecule has 7 N–H and O–H groups in total. The molecule has 1 saturated heterocycles. The molecule has 1 unspecified atom stereocenters. The SMILES string of the molecule is Cl.Cn1c(=O)n(C2CCC(=O)NC2=O)c2ccc(CCCCCCCc3cc4c5c(c3)C[C@@H](C(=O)N[C@@H](CCC(N)=O)C(=O)NC(c3ccccc3)c3ccccc3)N5C(=O)[C@@H](N)CC4)cc21. The fourth-order valence-corrected chi connectivity index (χ4v) is 9.87. The van der Waals surface area contributed by atoms with Crippen LogP contribution >= 0.6 is 12.4 Å². The highest BCUT2D eigenvalue weighted by atomic mass is 35.5. The lowest BCUT2D eigenvalue weighted by molar-refractivity contribution is -0.136. The molecule has 352 valence electrons. The number of rotatable bonds is 18. The minimum atomic E-state index is -1.10. The molecule has 0 radical (unpaired) electrons. The van der Waals surface area contributed by atoms with Gasteiger partial charge in [-0.3, -0.25) is 48.1 Å². The lowest BCUT2D eigenvalue weighted by Crippen LogP contribution is -2.56. The molecule has 3 aliphatic heterocycles. The third kappa shape index (κ3) is 10.7. The summed E-state index contributed by atoms with van der Waals surface area (Å²) in [6, 6.07) is 25.1. The van der Waals surface area contributed by atoms with Gasteiger partial charge < -0.3 is 22.1 Å². The molecule has 8 rings (SSSR count). The topological polar surface area (TPSA) is 221 Å². The first-order valence-electron chi connectivity index (χ1n) is 23.1. The van der Waals surface area contributed by atoms with Crippen LogP contribution in [0, 0.1) is 0 Å². The average Bonchev–Trinajstić information content (AvgIpc) is 3.78. The first kappa shape index (κ1) is 48.4. The molecule has 4 atom stereocenters. The first-order chi connectivity index (χ1) is 31.9. The van der Waals surface area contributed by atoms with Crippen LogP contribution in [0.25, 0.3) is 11.0 Å². The number of aryl methyl sites for hydroxylation is 4. The van der Waals surface area contributed by atoms with Crippen molar-refractivity contribution in [3.63, 3.8) is 0 Å². The molecule has 67 heavy (non-hydrogen) atoms. The molecule has 1 fully saturated rings. The number of aromatic nitrogens is 2.